The van der Waals surface area contributed by atoms with Crippen LogP contribution in [0.25, 0.3) is 11.3 Å². The van der Waals surface area contributed by atoms with Crippen molar-refractivity contribution in [3.05, 3.63) is 46.4 Å². The molecule has 0 atom stereocenters. The third kappa shape index (κ3) is 2.10. The summed E-state index contributed by atoms with van der Waals surface area (Å²) >= 11 is 4.88. The number of nitrogens with zero attached hydrogens (tertiary/aromatic N) is 1. The topological polar surface area (TPSA) is 28.7 Å². The molecule has 15 heavy (non-hydrogen) atoms. The number of aromatic amines is 1. The van der Waals surface area contributed by atoms with Gasteiger partial charge in [-0.25, -0.2) is 4.39 Å². The fraction of sp³-hybridized carbons (Fsp3) is 0.0909. The van der Waals surface area contributed by atoms with Crippen LogP contribution < -0.4 is 0 Å². The summed E-state index contributed by atoms with van der Waals surface area (Å²) in [4.78, 5) is 0. The van der Waals surface area contributed by atoms with Crippen LogP contribution in [-0.2, 0) is 0 Å². The van der Waals surface area contributed by atoms with Gasteiger partial charge in [-0.3, -0.25) is 5.10 Å². The highest BCUT2D eigenvalue weighted by Crippen LogP contribution is 2.18. The lowest BCUT2D eigenvalue weighted by Gasteiger charge is -2.01. The average Bonchev–Trinajstić information content (AvgIpc) is 2.23. The van der Waals surface area contributed by atoms with Crippen molar-refractivity contribution in [3.63, 3.8) is 0 Å². The molecular formula is C11H9FN2S. The molecule has 0 bridgehead atoms. The van der Waals surface area contributed by atoms with Crippen LogP contribution in [-0.4, -0.2) is 10.2 Å². The van der Waals surface area contributed by atoms with Gasteiger partial charge in [0.15, 0.2) is 0 Å². The Bertz CT molecular complexity index is 528. The maximum atomic E-state index is 13.3. The minimum atomic E-state index is -0.225. The third-order valence-electron chi connectivity index (χ3n) is 2.15. The highest BCUT2D eigenvalue weighted by molar-refractivity contribution is 7.71. The molecule has 0 spiro atoms. The van der Waals surface area contributed by atoms with Crippen molar-refractivity contribution in [2.24, 2.45) is 0 Å². The largest absolute Gasteiger partial charge is 0.267 e. The Kier molecular flexibility index (Phi) is 2.60. The molecule has 0 saturated heterocycles. The maximum absolute atomic E-state index is 13.3. The van der Waals surface area contributed by atoms with Crippen LogP contribution in [0, 0.1) is 17.4 Å². The van der Waals surface area contributed by atoms with Gasteiger partial charge >= 0.3 is 0 Å². The molecule has 2 rings (SSSR count). The molecular weight excluding hydrogens is 211 g/mol. The normalized spacial score (nSPS) is 10.3. The molecule has 2 aromatic rings. The van der Waals surface area contributed by atoms with Crippen LogP contribution in [0.5, 0.6) is 0 Å². The van der Waals surface area contributed by atoms with Gasteiger partial charge in [0.1, 0.15) is 10.5 Å². The van der Waals surface area contributed by atoms with Crippen molar-refractivity contribution in [2.45, 2.75) is 6.92 Å². The molecule has 1 aromatic carbocycles. The van der Waals surface area contributed by atoms with Gasteiger partial charge in [0.2, 0.25) is 0 Å². The molecule has 0 aliphatic heterocycles. The van der Waals surface area contributed by atoms with Crippen LogP contribution in [0.4, 0.5) is 4.39 Å². The van der Waals surface area contributed by atoms with Gasteiger partial charge in [-0.15, -0.1) is 0 Å². The fourth-order valence-corrected chi connectivity index (χ4v) is 1.37. The number of hydrogen-bond donors (Lipinski definition) is 1. The van der Waals surface area contributed by atoms with E-state index in [0.29, 0.717) is 15.9 Å². The first kappa shape index (κ1) is 9.98. The number of nitrogens with one attached hydrogen (secondary N) is 1. The van der Waals surface area contributed by atoms with Crippen LogP contribution in [0.2, 0.25) is 0 Å². The van der Waals surface area contributed by atoms with Gasteiger partial charge in [-0.1, -0.05) is 24.4 Å². The first-order chi connectivity index (χ1) is 7.16. The number of aryl methyl sites for hydroxylation is 1. The summed E-state index contributed by atoms with van der Waals surface area (Å²) in [5.41, 5.74) is 2.05. The standard InChI is InChI=1S/C11H9FN2S/c1-7-2-3-8(6-9(7)12)10-4-5-11(15)14-13-10/h2-6H,1H3,(H,14,15). The molecule has 2 nitrogen and oxygen atoms in total. The van der Waals surface area contributed by atoms with Gasteiger partial charge in [0.05, 0.1) is 5.69 Å². The van der Waals surface area contributed by atoms with Crippen molar-refractivity contribution in [3.8, 4) is 11.3 Å². The van der Waals surface area contributed by atoms with Crippen molar-refractivity contribution in [1.29, 1.82) is 0 Å². The van der Waals surface area contributed by atoms with Gasteiger partial charge in [-0.2, -0.15) is 5.10 Å². The van der Waals surface area contributed by atoms with Gasteiger partial charge < -0.3 is 0 Å². The zero-order valence-corrected chi connectivity index (χ0v) is 8.94. The average molecular weight is 220 g/mol. The third-order valence-corrected chi connectivity index (χ3v) is 2.37. The van der Waals surface area contributed by atoms with Crippen LogP contribution in [0.15, 0.2) is 30.3 Å². The smallest absolute Gasteiger partial charge is 0.126 e. The molecule has 0 aliphatic carbocycles. The molecule has 4 heteroatoms. The van der Waals surface area contributed by atoms with Crippen molar-refractivity contribution in [1.82, 2.24) is 10.2 Å². The van der Waals surface area contributed by atoms with E-state index in [1.54, 1.807) is 25.1 Å². The predicted octanol–water partition coefficient (Wildman–Crippen LogP) is 3.25. The minimum absolute atomic E-state index is 0.225. The number of H-pyrrole nitrogens is 1. The Hall–Kier alpha value is -1.55. The summed E-state index contributed by atoms with van der Waals surface area (Å²) in [5.74, 6) is -0.225. The summed E-state index contributed by atoms with van der Waals surface area (Å²) in [6.45, 7) is 1.73. The Morgan fingerprint density at radius 2 is 2.07 bits per heavy atom. The van der Waals surface area contributed by atoms with Crippen LogP contribution >= 0.6 is 12.2 Å². The lowest BCUT2D eigenvalue weighted by molar-refractivity contribution is 0.619. The molecule has 0 radical (unpaired) electrons. The molecule has 76 valence electrons. The van der Waals surface area contributed by atoms with E-state index in [2.05, 4.69) is 10.2 Å². The molecule has 0 amide bonds. The van der Waals surface area contributed by atoms with Gasteiger partial charge in [0, 0.05) is 5.56 Å². The van der Waals surface area contributed by atoms with E-state index in [9.17, 15) is 4.39 Å². The number of hydrogen-bond acceptors (Lipinski definition) is 2. The molecule has 1 N–H and O–H groups in total. The molecule has 0 fully saturated rings. The predicted molar refractivity (Wildman–Crippen MR) is 59.6 cm³/mol. The van der Waals surface area contributed by atoms with E-state index in [4.69, 9.17) is 12.2 Å². The highest BCUT2D eigenvalue weighted by atomic mass is 32.1. The lowest BCUT2D eigenvalue weighted by atomic mass is 10.1. The van der Waals surface area contributed by atoms with Gasteiger partial charge in [-0.05, 0) is 30.7 Å². The first-order valence-electron chi connectivity index (χ1n) is 4.49. The SMILES string of the molecule is Cc1ccc(-c2ccc(=S)[nH]n2)cc1F. The summed E-state index contributed by atoms with van der Waals surface area (Å²) in [6.07, 6.45) is 0. The second-order valence-electron chi connectivity index (χ2n) is 3.27. The number of rotatable bonds is 1. The Morgan fingerprint density at radius 1 is 1.27 bits per heavy atom. The number of aromatic nitrogens is 2. The second-order valence-corrected chi connectivity index (χ2v) is 3.71. The quantitative estimate of drug-likeness (QED) is 0.747. The molecule has 1 heterocycles. The van der Waals surface area contributed by atoms with E-state index < -0.39 is 0 Å². The van der Waals surface area contributed by atoms with Crippen molar-refractivity contribution in [2.75, 3.05) is 0 Å². The van der Waals surface area contributed by atoms with Crippen LogP contribution in [0.3, 0.4) is 0 Å². The summed E-state index contributed by atoms with van der Waals surface area (Å²) in [7, 11) is 0. The molecule has 0 saturated carbocycles. The summed E-state index contributed by atoms with van der Waals surface area (Å²) < 4.78 is 13.8. The zero-order valence-electron chi connectivity index (χ0n) is 8.12. The van der Waals surface area contributed by atoms with E-state index in [0.717, 1.165) is 5.56 Å². The fourth-order valence-electron chi connectivity index (χ4n) is 1.26. The van der Waals surface area contributed by atoms with Crippen LogP contribution in [0.1, 0.15) is 5.56 Å². The molecule has 0 unspecified atom stereocenters. The monoisotopic (exact) mass is 220 g/mol. The lowest BCUT2D eigenvalue weighted by Crippen LogP contribution is -1.89. The highest BCUT2D eigenvalue weighted by Gasteiger charge is 2.02. The molecule has 0 aliphatic rings. The van der Waals surface area contributed by atoms with E-state index in [-0.39, 0.29) is 5.82 Å². The van der Waals surface area contributed by atoms with Crippen molar-refractivity contribution >= 4 is 12.2 Å². The summed E-state index contributed by atoms with van der Waals surface area (Å²) in [6, 6.07) is 8.53. The number of halogens is 1. The van der Waals surface area contributed by atoms with E-state index >= 15 is 0 Å². The van der Waals surface area contributed by atoms with E-state index in [1.807, 2.05) is 6.07 Å². The molecule has 1 aromatic heterocycles. The van der Waals surface area contributed by atoms with E-state index in [1.165, 1.54) is 6.07 Å². The first-order valence-corrected chi connectivity index (χ1v) is 4.90. The summed E-state index contributed by atoms with van der Waals surface area (Å²) in [5, 5.41) is 6.70. The Morgan fingerprint density at radius 3 is 2.67 bits per heavy atom. The van der Waals surface area contributed by atoms with Crippen molar-refractivity contribution < 1.29 is 4.39 Å². The second kappa shape index (κ2) is 3.90. The Labute approximate surface area is 91.8 Å². The Balaban J connectivity index is 2.50. The van der Waals surface area contributed by atoms with Gasteiger partial charge in [0.25, 0.3) is 0 Å². The minimum Gasteiger partial charge on any atom is -0.267 e. The zero-order chi connectivity index (χ0) is 10.8. The maximum Gasteiger partial charge on any atom is 0.126 e. The number of benzene rings is 1.